The zero-order chi connectivity index (χ0) is 15.4. The summed E-state index contributed by atoms with van der Waals surface area (Å²) in [5, 5.41) is 3.39. The molecule has 3 heterocycles. The van der Waals surface area contributed by atoms with E-state index < -0.39 is 10.0 Å². The van der Waals surface area contributed by atoms with Gasteiger partial charge in [-0.05, 0) is 44.0 Å². The molecular formula is C15H25ClN4O2S. The Labute approximate surface area is 144 Å². The molecule has 130 valence electrons. The zero-order valence-electron chi connectivity index (χ0n) is 13.2. The van der Waals surface area contributed by atoms with E-state index in [-0.39, 0.29) is 12.4 Å². The van der Waals surface area contributed by atoms with E-state index >= 15 is 0 Å². The summed E-state index contributed by atoms with van der Waals surface area (Å²) in [5.74, 6) is 0.753. The van der Waals surface area contributed by atoms with E-state index in [0.717, 1.165) is 38.6 Å². The molecule has 0 atom stereocenters. The number of pyridine rings is 1. The summed E-state index contributed by atoms with van der Waals surface area (Å²) < 4.78 is 26.7. The van der Waals surface area contributed by atoms with Crippen LogP contribution in [-0.4, -0.2) is 68.4 Å². The number of nitrogens with zero attached hydrogens (tertiary/aromatic N) is 3. The lowest BCUT2D eigenvalue weighted by Crippen LogP contribution is -2.50. The Morgan fingerprint density at radius 1 is 1.17 bits per heavy atom. The first kappa shape index (κ1) is 18.6. The molecule has 2 fully saturated rings. The smallest absolute Gasteiger partial charge is 0.244 e. The van der Waals surface area contributed by atoms with Crippen LogP contribution >= 0.6 is 12.4 Å². The van der Waals surface area contributed by atoms with Gasteiger partial charge < -0.3 is 10.2 Å². The van der Waals surface area contributed by atoms with Crippen LogP contribution in [0.15, 0.2) is 29.4 Å². The van der Waals surface area contributed by atoms with E-state index in [1.54, 1.807) is 22.6 Å². The molecule has 1 aromatic rings. The van der Waals surface area contributed by atoms with Crippen LogP contribution in [0.25, 0.3) is 0 Å². The van der Waals surface area contributed by atoms with Gasteiger partial charge in [-0.2, -0.15) is 4.31 Å². The fourth-order valence-corrected chi connectivity index (χ4v) is 4.62. The number of halogens is 1. The van der Waals surface area contributed by atoms with E-state index in [0.29, 0.717) is 18.0 Å². The second-order valence-electron chi connectivity index (χ2n) is 6.09. The lowest BCUT2D eigenvalue weighted by atomic mass is 9.97. The number of piperazine rings is 1. The van der Waals surface area contributed by atoms with Gasteiger partial charge in [0, 0.05) is 45.1 Å². The van der Waals surface area contributed by atoms with Gasteiger partial charge in [0.1, 0.15) is 4.90 Å². The number of piperidine rings is 1. The fraction of sp³-hybridized carbons (Fsp3) is 0.667. The van der Waals surface area contributed by atoms with Gasteiger partial charge in [0.25, 0.3) is 0 Å². The van der Waals surface area contributed by atoms with Gasteiger partial charge in [-0.25, -0.2) is 8.42 Å². The standard InChI is InChI=1S/C15H24N4O2S.ClH/c20-22(21,15-2-1-5-17-12-15)19-10-8-18(9-11-19)13-14-3-6-16-7-4-14;/h1-2,5,12,14,16H,3-4,6-11,13H2;1H. The van der Waals surface area contributed by atoms with Gasteiger partial charge >= 0.3 is 0 Å². The van der Waals surface area contributed by atoms with Crippen molar-refractivity contribution in [2.45, 2.75) is 17.7 Å². The molecule has 0 aromatic carbocycles. The molecule has 2 aliphatic rings. The molecule has 0 unspecified atom stereocenters. The summed E-state index contributed by atoms with van der Waals surface area (Å²) in [4.78, 5) is 6.62. The first-order valence-corrected chi connectivity index (χ1v) is 9.43. The number of rotatable bonds is 4. The van der Waals surface area contributed by atoms with Gasteiger partial charge in [-0.3, -0.25) is 4.98 Å². The van der Waals surface area contributed by atoms with Crippen molar-refractivity contribution in [1.29, 1.82) is 0 Å². The minimum Gasteiger partial charge on any atom is -0.317 e. The number of nitrogens with one attached hydrogen (secondary N) is 1. The van der Waals surface area contributed by atoms with Crippen LogP contribution in [0.1, 0.15) is 12.8 Å². The molecule has 6 nitrogen and oxygen atoms in total. The third-order valence-corrected chi connectivity index (χ3v) is 6.46. The summed E-state index contributed by atoms with van der Waals surface area (Å²) in [6.45, 7) is 6.11. The highest BCUT2D eigenvalue weighted by Gasteiger charge is 2.29. The van der Waals surface area contributed by atoms with Crippen LogP contribution in [-0.2, 0) is 10.0 Å². The topological polar surface area (TPSA) is 65.5 Å². The van der Waals surface area contributed by atoms with Crippen molar-refractivity contribution in [2.24, 2.45) is 5.92 Å². The highest BCUT2D eigenvalue weighted by molar-refractivity contribution is 7.89. The first-order chi connectivity index (χ1) is 10.7. The van der Waals surface area contributed by atoms with E-state index in [2.05, 4.69) is 15.2 Å². The quantitative estimate of drug-likeness (QED) is 0.860. The third kappa shape index (κ3) is 4.64. The van der Waals surface area contributed by atoms with Crippen molar-refractivity contribution >= 4 is 22.4 Å². The molecular weight excluding hydrogens is 336 g/mol. The maximum atomic E-state index is 12.5. The minimum atomic E-state index is -3.38. The zero-order valence-corrected chi connectivity index (χ0v) is 14.9. The predicted molar refractivity (Wildman–Crippen MR) is 92.3 cm³/mol. The molecule has 2 saturated heterocycles. The summed E-state index contributed by atoms with van der Waals surface area (Å²) in [5.41, 5.74) is 0. The summed E-state index contributed by atoms with van der Waals surface area (Å²) >= 11 is 0. The van der Waals surface area contributed by atoms with Gasteiger partial charge in [0.05, 0.1) is 0 Å². The van der Waals surface area contributed by atoms with Crippen molar-refractivity contribution in [3.63, 3.8) is 0 Å². The van der Waals surface area contributed by atoms with Crippen molar-refractivity contribution in [2.75, 3.05) is 45.8 Å². The number of sulfonamides is 1. The number of aromatic nitrogens is 1. The molecule has 0 aliphatic carbocycles. The Morgan fingerprint density at radius 2 is 1.87 bits per heavy atom. The summed E-state index contributed by atoms with van der Waals surface area (Å²) in [7, 11) is -3.38. The lowest BCUT2D eigenvalue weighted by molar-refractivity contribution is 0.152. The van der Waals surface area contributed by atoms with Gasteiger partial charge in [-0.1, -0.05) is 0 Å². The molecule has 8 heteroatoms. The SMILES string of the molecule is Cl.O=S(=O)(c1cccnc1)N1CCN(CC2CCNCC2)CC1. The fourth-order valence-electron chi connectivity index (χ4n) is 3.23. The average molecular weight is 361 g/mol. The Hall–Kier alpha value is -0.730. The Morgan fingerprint density at radius 3 is 2.48 bits per heavy atom. The Balaban J connectivity index is 0.00000192. The number of hydrogen-bond donors (Lipinski definition) is 1. The second kappa shape index (κ2) is 8.39. The van der Waals surface area contributed by atoms with E-state index in [1.807, 2.05) is 0 Å². The summed E-state index contributed by atoms with van der Waals surface area (Å²) in [6, 6.07) is 3.28. The molecule has 3 rings (SSSR count). The van der Waals surface area contributed by atoms with Crippen LogP contribution in [0.4, 0.5) is 0 Å². The van der Waals surface area contributed by atoms with Gasteiger partial charge in [-0.15, -0.1) is 12.4 Å². The molecule has 0 spiro atoms. The predicted octanol–water partition coefficient (Wildman–Crippen LogP) is 0.809. The normalized spacial score (nSPS) is 21.7. The third-order valence-electron chi connectivity index (χ3n) is 4.58. The second-order valence-corrected chi connectivity index (χ2v) is 8.02. The van der Waals surface area contributed by atoms with Crippen LogP contribution in [0.3, 0.4) is 0 Å². The Kier molecular flexibility index (Phi) is 6.79. The number of hydrogen-bond acceptors (Lipinski definition) is 5. The van der Waals surface area contributed by atoms with Crippen molar-refractivity contribution in [3.8, 4) is 0 Å². The molecule has 1 aromatic heterocycles. The maximum absolute atomic E-state index is 12.5. The van der Waals surface area contributed by atoms with Crippen molar-refractivity contribution < 1.29 is 8.42 Å². The minimum absolute atomic E-state index is 0. The van der Waals surface area contributed by atoms with Gasteiger partial charge in [0.15, 0.2) is 0 Å². The van der Waals surface area contributed by atoms with E-state index in [1.165, 1.54) is 19.0 Å². The first-order valence-electron chi connectivity index (χ1n) is 7.99. The maximum Gasteiger partial charge on any atom is 0.244 e. The van der Waals surface area contributed by atoms with Gasteiger partial charge in [0.2, 0.25) is 10.0 Å². The molecule has 2 aliphatic heterocycles. The van der Waals surface area contributed by atoms with Crippen LogP contribution in [0.2, 0.25) is 0 Å². The van der Waals surface area contributed by atoms with Crippen molar-refractivity contribution in [1.82, 2.24) is 19.5 Å². The Bertz CT molecular complexity index is 570. The monoisotopic (exact) mass is 360 g/mol. The van der Waals surface area contributed by atoms with Crippen LogP contribution in [0, 0.1) is 5.92 Å². The van der Waals surface area contributed by atoms with Crippen molar-refractivity contribution in [3.05, 3.63) is 24.5 Å². The molecule has 1 N–H and O–H groups in total. The molecule has 0 saturated carbocycles. The van der Waals surface area contributed by atoms with E-state index in [4.69, 9.17) is 0 Å². The highest BCUT2D eigenvalue weighted by Crippen LogP contribution is 2.19. The largest absolute Gasteiger partial charge is 0.317 e. The molecule has 0 amide bonds. The summed E-state index contributed by atoms with van der Waals surface area (Å²) in [6.07, 6.45) is 5.48. The highest BCUT2D eigenvalue weighted by atomic mass is 35.5. The van der Waals surface area contributed by atoms with Crippen LogP contribution in [0.5, 0.6) is 0 Å². The molecule has 23 heavy (non-hydrogen) atoms. The molecule has 0 radical (unpaired) electrons. The lowest BCUT2D eigenvalue weighted by Gasteiger charge is -2.36. The van der Waals surface area contributed by atoms with Crippen LogP contribution < -0.4 is 5.32 Å². The average Bonchev–Trinajstić information content (AvgIpc) is 2.57. The molecule has 0 bridgehead atoms. The van der Waals surface area contributed by atoms with E-state index in [9.17, 15) is 8.42 Å².